The molecule has 3 unspecified atom stereocenters. The van der Waals surface area contributed by atoms with Crippen molar-refractivity contribution in [1.29, 1.82) is 0 Å². The van der Waals surface area contributed by atoms with Gasteiger partial charge in [0, 0.05) is 45.8 Å². The number of carbonyl (C=O) groups is 1. The van der Waals surface area contributed by atoms with E-state index in [0.717, 1.165) is 38.7 Å². The van der Waals surface area contributed by atoms with E-state index in [1.807, 2.05) is 0 Å². The van der Waals surface area contributed by atoms with Crippen LogP contribution in [-0.2, 0) is 14.3 Å². The smallest absolute Gasteiger partial charge is 0.243 e. The first-order chi connectivity index (χ1) is 12.5. The number of aliphatic imine (C=N–C) groups is 1. The predicted octanol–water partition coefficient (Wildman–Crippen LogP) is 2.00. The molecule has 1 saturated carbocycles. The van der Waals surface area contributed by atoms with Crippen molar-refractivity contribution in [1.82, 2.24) is 15.5 Å². The van der Waals surface area contributed by atoms with E-state index in [-0.39, 0.29) is 54.1 Å². The monoisotopic (exact) mass is 496 g/mol. The third-order valence-corrected chi connectivity index (χ3v) is 6.09. The largest absolute Gasteiger partial charge is 0.381 e. The molecule has 2 aliphatic rings. The third-order valence-electron chi connectivity index (χ3n) is 6.09. The fourth-order valence-electron chi connectivity index (χ4n) is 4.10. The van der Waals surface area contributed by atoms with Gasteiger partial charge in [-0.1, -0.05) is 13.8 Å². The fourth-order valence-corrected chi connectivity index (χ4v) is 4.10. The number of hydrogen-bond acceptors (Lipinski definition) is 4. The van der Waals surface area contributed by atoms with Crippen molar-refractivity contribution in [2.45, 2.75) is 64.2 Å². The summed E-state index contributed by atoms with van der Waals surface area (Å²) in [5.74, 6) is 0.686. The Bertz CT molecular complexity index is 491. The first kappa shape index (κ1) is 24.4. The van der Waals surface area contributed by atoms with Gasteiger partial charge in [-0.05, 0) is 32.1 Å². The van der Waals surface area contributed by atoms with Crippen molar-refractivity contribution >= 4 is 35.8 Å². The van der Waals surface area contributed by atoms with Gasteiger partial charge in [-0.2, -0.15) is 0 Å². The summed E-state index contributed by atoms with van der Waals surface area (Å²) >= 11 is 0. The lowest BCUT2D eigenvalue weighted by Crippen LogP contribution is -2.65. The van der Waals surface area contributed by atoms with E-state index >= 15 is 0 Å². The van der Waals surface area contributed by atoms with Crippen molar-refractivity contribution in [3.8, 4) is 0 Å². The van der Waals surface area contributed by atoms with Crippen LogP contribution in [0, 0.1) is 5.41 Å². The predicted molar refractivity (Wildman–Crippen MR) is 119 cm³/mol. The Morgan fingerprint density at radius 3 is 2.56 bits per heavy atom. The Balaban J connectivity index is 0.00000364. The zero-order valence-electron chi connectivity index (χ0n) is 17.4. The first-order valence-corrected chi connectivity index (χ1v) is 9.86. The van der Waals surface area contributed by atoms with E-state index in [9.17, 15) is 4.79 Å². The molecular formula is C19H37IN4O3. The van der Waals surface area contributed by atoms with Gasteiger partial charge >= 0.3 is 0 Å². The van der Waals surface area contributed by atoms with E-state index < -0.39 is 0 Å². The van der Waals surface area contributed by atoms with Gasteiger partial charge in [0.2, 0.25) is 5.91 Å². The van der Waals surface area contributed by atoms with Crippen LogP contribution in [0.15, 0.2) is 4.99 Å². The van der Waals surface area contributed by atoms with Crippen LogP contribution in [0.25, 0.3) is 0 Å². The molecule has 2 rings (SSSR count). The topological polar surface area (TPSA) is 75.2 Å². The van der Waals surface area contributed by atoms with Crippen LogP contribution in [0.5, 0.6) is 0 Å². The molecule has 1 aliphatic carbocycles. The summed E-state index contributed by atoms with van der Waals surface area (Å²) in [5, 5.41) is 6.94. The maximum atomic E-state index is 11.9. The summed E-state index contributed by atoms with van der Waals surface area (Å²) in [6, 6.07) is 0.299. The molecule has 3 atom stereocenters. The molecule has 0 radical (unpaired) electrons. The third kappa shape index (κ3) is 5.93. The molecule has 0 aromatic rings. The van der Waals surface area contributed by atoms with Crippen LogP contribution in [0.1, 0.15) is 46.0 Å². The molecule has 0 aromatic heterocycles. The van der Waals surface area contributed by atoms with Crippen LogP contribution in [0.3, 0.4) is 0 Å². The summed E-state index contributed by atoms with van der Waals surface area (Å²) in [7, 11) is 5.29. The minimum Gasteiger partial charge on any atom is -0.381 e. The SMILES string of the molecule is CCC1(CC)C(NC(=NCC(=O)N(C)C)NCC2CCCO2)CC1OC.I. The molecule has 1 amide bonds. The van der Waals surface area contributed by atoms with Crippen molar-refractivity contribution in [3.63, 3.8) is 0 Å². The minimum absolute atomic E-state index is 0. The number of guanidine groups is 1. The maximum Gasteiger partial charge on any atom is 0.243 e. The number of ether oxygens (including phenoxy) is 2. The zero-order valence-corrected chi connectivity index (χ0v) is 19.7. The normalized spacial score (nSPS) is 26.7. The second-order valence-electron chi connectivity index (χ2n) is 7.57. The molecule has 158 valence electrons. The second kappa shape index (κ2) is 11.4. The number of methoxy groups -OCH3 is 1. The highest BCUT2D eigenvalue weighted by molar-refractivity contribution is 14.0. The van der Waals surface area contributed by atoms with Crippen molar-refractivity contribution in [2.24, 2.45) is 10.4 Å². The van der Waals surface area contributed by atoms with Crippen LogP contribution >= 0.6 is 24.0 Å². The standard InChI is InChI=1S/C19H36N4O3.HI/c1-6-19(7-2)15(11-16(19)25-5)22-18(21-13-17(24)23(3)4)20-12-14-9-8-10-26-14;/h14-16H,6-13H2,1-5H3,(H2,20,21,22);1H. The number of nitrogens with one attached hydrogen (secondary N) is 2. The molecular weight excluding hydrogens is 459 g/mol. The quantitative estimate of drug-likeness (QED) is 0.306. The molecule has 1 aliphatic heterocycles. The van der Waals surface area contributed by atoms with Crippen molar-refractivity contribution in [3.05, 3.63) is 0 Å². The number of carbonyl (C=O) groups excluding carboxylic acids is 1. The Morgan fingerprint density at radius 1 is 1.33 bits per heavy atom. The minimum atomic E-state index is -0.0103. The van der Waals surface area contributed by atoms with Crippen molar-refractivity contribution in [2.75, 3.05) is 40.9 Å². The number of hydrogen-bond donors (Lipinski definition) is 2. The highest BCUT2D eigenvalue weighted by atomic mass is 127. The number of amides is 1. The molecule has 2 N–H and O–H groups in total. The van der Waals surface area contributed by atoms with E-state index in [1.165, 1.54) is 0 Å². The van der Waals surface area contributed by atoms with Crippen LogP contribution in [-0.4, -0.2) is 75.9 Å². The summed E-state index contributed by atoms with van der Waals surface area (Å²) in [5.41, 5.74) is 0.118. The summed E-state index contributed by atoms with van der Waals surface area (Å²) < 4.78 is 11.4. The van der Waals surface area contributed by atoms with Crippen LogP contribution < -0.4 is 10.6 Å². The van der Waals surface area contributed by atoms with Crippen molar-refractivity contribution < 1.29 is 14.3 Å². The molecule has 27 heavy (non-hydrogen) atoms. The molecule has 1 heterocycles. The van der Waals surface area contributed by atoms with Crippen LogP contribution in [0.2, 0.25) is 0 Å². The average Bonchev–Trinajstić information content (AvgIpc) is 3.14. The molecule has 8 heteroatoms. The number of likely N-dealkylation sites (N-methyl/N-ethyl adjacent to an activating group) is 1. The van der Waals surface area contributed by atoms with E-state index in [2.05, 4.69) is 29.5 Å². The van der Waals surface area contributed by atoms with Gasteiger partial charge in [0.15, 0.2) is 5.96 Å². The zero-order chi connectivity index (χ0) is 19.2. The number of halogens is 1. The first-order valence-electron chi connectivity index (χ1n) is 9.86. The van der Waals surface area contributed by atoms with Gasteiger partial charge in [-0.25, -0.2) is 4.99 Å². The highest BCUT2D eigenvalue weighted by Crippen LogP contribution is 2.48. The lowest BCUT2D eigenvalue weighted by atomic mass is 9.58. The van der Waals surface area contributed by atoms with Gasteiger partial charge in [0.25, 0.3) is 0 Å². The Hall–Kier alpha value is -0.610. The number of nitrogens with zero attached hydrogens (tertiary/aromatic N) is 2. The Kier molecular flexibility index (Phi) is 10.3. The maximum absolute atomic E-state index is 11.9. The molecule has 0 aromatic carbocycles. The van der Waals surface area contributed by atoms with E-state index in [1.54, 1.807) is 26.1 Å². The summed E-state index contributed by atoms with van der Waals surface area (Å²) in [6.45, 7) is 6.12. The molecule has 7 nitrogen and oxygen atoms in total. The number of rotatable bonds is 8. The fraction of sp³-hybridized carbons (Fsp3) is 0.895. The average molecular weight is 496 g/mol. The van der Waals surface area contributed by atoms with Gasteiger partial charge in [-0.3, -0.25) is 4.79 Å². The van der Waals surface area contributed by atoms with Gasteiger partial charge < -0.3 is 25.0 Å². The summed E-state index contributed by atoms with van der Waals surface area (Å²) in [6.07, 6.45) is 5.74. The molecule has 0 bridgehead atoms. The van der Waals surface area contributed by atoms with Crippen LogP contribution in [0.4, 0.5) is 0 Å². The lowest BCUT2D eigenvalue weighted by Gasteiger charge is -2.55. The molecule has 2 fully saturated rings. The van der Waals surface area contributed by atoms with Gasteiger partial charge in [0.05, 0.1) is 12.2 Å². The Labute approximate surface area is 181 Å². The Morgan fingerprint density at radius 2 is 2.04 bits per heavy atom. The van der Waals surface area contributed by atoms with E-state index in [4.69, 9.17) is 9.47 Å². The summed E-state index contributed by atoms with van der Waals surface area (Å²) in [4.78, 5) is 18.0. The van der Waals surface area contributed by atoms with E-state index in [0.29, 0.717) is 18.5 Å². The van der Waals surface area contributed by atoms with Gasteiger partial charge in [-0.15, -0.1) is 24.0 Å². The lowest BCUT2D eigenvalue weighted by molar-refractivity contribution is -0.127. The molecule has 0 spiro atoms. The molecule has 1 saturated heterocycles. The van der Waals surface area contributed by atoms with Gasteiger partial charge in [0.1, 0.15) is 6.54 Å². The highest BCUT2D eigenvalue weighted by Gasteiger charge is 2.53. The second-order valence-corrected chi connectivity index (χ2v) is 7.57.